The van der Waals surface area contributed by atoms with Crippen molar-refractivity contribution in [3.05, 3.63) is 44.8 Å². The first-order chi connectivity index (χ1) is 11.2. The Kier molecular flexibility index (Phi) is 5.51. The molecule has 0 spiro atoms. The fourth-order valence-electron chi connectivity index (χ4n) is 3.50. The molecular weight excluding hydrogens is 324 g/mol. The molecule has 1 amide bonds. The zero-order valence-electron chi connectivity index (χ0n) is 13.3. The van der Waals surface area contributed by atoms with Crippen molar-refractivity contribution in [1.29, 1.82) is 0 Å². The molecule has 0 aliphatic heterocycles. The Balaban J connectivity index is 1.71. The Morgan fingerprint density at radius 2 is 1.74 bits per heavy atom. The SMILES string of the molecule is NCC1(CC(=O)NC(c2cccs2)c2cccs2)CCCCC1. The van der Waals surface area contributed by atoms with Crippen molar-refractivity contribution in [2.24, 2.45) is 11.1 Å². The third-order valence-corrected chi connectivity index (χ3v) is 6.72. The molecule has 124 valence electrons. The number of carbonyl (C=O) groups is 1. The molecule has 1 aliphatic rings. The van der Waals surface area contributed by atoms with Gasteiger partial charge >= 0.3 is 0 Å². The second kappa shape index (κ2) is 7.60. The van der Waals surface area contributed by atoms with Gasteiger partial charge < -0.3 is 11.1 Å². The molecule has 0 radical (unpaired) electrons. The molecule has 2 heterocycles. The number of hydrogen-bond acceptors (Lipinski definition) is 4. The van der Waals surface area contributed by atoms with E-state index in [1.807, 2.05) is 12.1 Å². The van der Waals surface area contributed by atoms with Crippen LogP contribution in [0, 0.1) is 5.41 Å². The number of thiophene rings is 2. The van der Waals surface area contributed by atoms with Crippen LogP contribution in [-0.4, -0.2) is 12.5 Å². The summed E-state index contributed by atoms with van der Waals surface area (Å²) in [7, 11) is 0. The first-order valence-corrected chi connectivity index (χ1v) is 10.0. The van der Waals surface area contributed by atoms with E-state index >= 15 is 0 Å². The van der Waals surface area contributed by atoms with Crippen molar-refractivity contribution in [1.82, 2.24) is 5.32 Å². The van der Waals surface area contributed by atoms with Gasteiger partial charge in [-0.2, -0.15) is 0 Å². The van der Waals surface area contributed by atoms with E-state index in [0.717, 1.165) is 12.8 Å². The van der Waals surface area contributed by atoms with Crippen LogP contribution in [0.4, 0.5) is 0 Å². The summed E-state index contributed by atoms with van der Waals surface area (Å²) in [5, 5.41) is 7.37. The van der Waals surface area contributed by atoms with Gasteiger partial charge in [-0.05, 0) is 47.7 Å². The van der Waals surface area contributed by atoms with Gasteiger partial charge in [0.05, 0.1) is 6.04 Å². The van der Waals surface area contributed by atoms with E-state index in [2.05, 4.69) is 28.2 Å². The van der Waals surface area contributed by atoms with Crippen LogP contribution < -0.4 is 11.1 Å². The standard InChI is InChI=1S/C18H24N2OS2/c19-13-18(8-2-1-3-9-18)12-16(21)20-17(14-6-4-10-22-14)15-7-5-11-23-15/h4-7,10-11,17H,1-3,8-9,12-13,19H2,(H,20,21). The maximum absolute atomic E-state index is 12.7. The summed E-state index contributed by atoms with van der Waals surface area (Å²) in [5.74, 6) is 0.129. The van der Waals surface area contributed by atoms with E-state index in [1.165, 1.54) is 29.0 Å². The summed E-state index contributed by atoms with van der Waals surface area (Å²) in [6.45, 7) is 0.614. The fraction of sp³-hybridized carbons (Fsp3) is 0.500. The fourth-order valence-corrected chi connectivity index (χ4v) is 5.16. The Bertz CT molecular complexity index is 567. The number of nitrogens with one attached hydrogen (secondary N) is 1. The van der Waals surface area contributed by atoms with E-state index in [-0.39, 0.29) is 17.4 Å². The van der Waals surface area contributed by atoms with Gasteiger partial charge in [0.15, 0.2) is 0 Å². The largest absolute Gasteiger partial charge is 0.344 e. The van der Waals surface area contributed by atoms with Crippen molar-refractivity contribution >= 4 is 28.6 Å². The lowest BCUT2D eigenvalue weighted by atomic mass is 9.71. The second-order valence-electron chi connectivity index (χ2n) is 6.47. The lowest BCUT2D eigenvalue weighted by Gasteiger charge is -2.36. The topological polar surface area (TPSA) is 55.1 Å². The number of amides is 1. The highest BCUT2D eigenvalue weighted by atomic mass is 32.1. The van der Waals surface area contributed by atoms with Crippen LogP contribution in [0.15, 0.2) is 35.0 Å². The summed E-state index contributed by atoms with van der Waals surface area (Å²) in [5.41, 5.74) is 6.04. The van der Waals surface area contributed by atoms with E-state index in [0.29, 0.717) is 13.0 Å². The van der Waals surface area contributed by atoms with Gasteiger partial charge in [0.25, 0.3) is 0 Å². The van der Waals surface area contributed by atoms with E-state index in [9.17, 15) is 4.79 Å². The van der Waals surface area contributed by atoms with Crippen LogP contribution in [0.25, 0.3) is 0 Å². The van der Waals surface area contributed by atoms with Crippen LogP contribution in [-0.2, 0) is 4.79 Å². The molecule has 0 unspecified atom stereocenters. The zero-order valence-corrected chi connectivity index (χ0v) is 14.9. The Labute approximate surface area is 145 Å². The summed E-state index contributed by atoms with van der Waals surface area (Å²) >= 11 is 3.38. The highest BCUT2D eigenvalue weighted by Crippen LogP contribution is 2.39. The van der Waals surface area contributed by atoms with Crippen molar-refractivity contribution in [2.75, 3.05) is 6.54 Å². The molecule has 0 atom stereocenters. The van der Waals surface area contributed by atoms with Crippen molar-refractivity contribution in [3.8, 4) is 0 Å². The molecule has 3 rings (SSSR count). The second-order valence-corrected chi connectivity index (χ2v) is 8.43. The zero-order chi connectivity index (χ0) is 16.1. The van der Waals surface area contributed by atoms with Gasteiger partial charge in [0.2, 0.25) is 5.91 Å². The van der Waals surface area contributed by atoms with Gasteiger partial charge in [-0.15, -0.1) is 22.7 Å². The molecule has 0 saturated heterocycles. The van der Waals surface area contributed by atoms with E-state index in [4.69, 9.17) is 5.73 Å². The number of carbonyl (C=O) groups excluding carboxylic acids is 1. The quantitative estimate of drug-likeness (QED) is 0.817. The molecule has 3 nitrogen and oxygen atoms in total. The number of nitrogens with two attached hydrogens (primary N) is 1. The van der Waals surface area contributed by atoms with Crippen LogP contribution in [0.2, 0.25) is 0 Å². The molecule has 1 saturated carbocycles. The van der Waals surface area contributed by atoms with Crippen molar-refractivity contribution < 1.29 is 4.79 Å². The molecule has 23 heavy (non-hydrogen) atoms. The normalized spacial score (nSPS) is 17.3. The minimum Gasteiger partial charge on any atom is -0.344 e. The molecule has 2 aromatic heterocycles. The predicted molar refractivity (Wildman–Crippen MR) is 97.8 cm³/mol. The van der Waals surface area contributed by atoms with Crippen LogP contribution in [0.3, 0.4) is 0 Å². The smallest absolute Gasteiger partial charge is 0.221 e. The molecule has 0 bridgehead atoms. The van der Waals surface area contributed by atoms with E-state index < -0.39 is 0 Å². The van der Waals surface area contributed by atoms with Gasteiger partial charge in [0, 0.05) is 16.2 Å². The predicted octanol–water partition coefficient (Wildman–Crippen LogP) is 4.31. The van der Waals surface area contributed by atoms with Gasteiger partial charge in [-0.25, -0.2) is 0 Å². The van der Waals surface area contributed by atoms with Gasteiger partial charge in [0.1, 0.15) is 0 Å². The van der Waals surface area contributed by atoms with Crippen LogP contribution >= 0.6 is 22.7 Å². The molecule has 0 aromatic carbocycles. The minimum absolute atomic E-state index is 0.0117. The van der Waals surface area contributed by atoms with Crippen molar-refractivity contribution in [2.45, 2.75) is 44.6 Å². The third-order valence-electron chi connectivity index (χ3n) is 4.84. The molecule has 1 fully saturated rings. The molecular formula is C18H24N2OS2. The highest BCUT2D eigenvalue weighted by molar-refractivity contribution is 7.11. The van der Waals surface area contributed by atoms with Gasteiger partial charge in [-0.1, -0.05) is 31.4 Å². The Morgan fingerprint density at radius 1 is 1.13 bits per heavy atom. The summed E-state index contributed by atoms with van der Waals surface area (Å²) in [6, 6.07) is 8.23. The van der Waals surface area contributed by atoms with E-state index in [1.54, 1.807) is 22.7 Å². The van der Waals surface area contributed by atoms with Gasteiger partial charge in [-0.3, -0.25) is 4.79 Å². The van der Waals surface area contributed by atoms with Crippen LogP contribution in [0.1, 0.15) is 54.3 Å². The molecule has 5 heteroatoms. The third kappa shape index (κ3) is 4.03. The number of hydrogen-bond donors (Lipinski definition) is 2. The average molecular weight is 349 g/mol. The Morgan fingerprint density at radius 3 is 2.22 bits per heavy atom. The summed E-state index contributed by atoms with van der Waals surface area (Å²) < 4.78 is 0. The Hall–Kier alpha value is -1.17. The van der Waals surface area contributed by atoms with Crippen molar-refractivity contribution in [3.63, 3.8) is 0 Å². The summed E-state index contributed by atoms with van der Waals surface area (Å²) in [4.78, 5) is 15.1. The first kappa shape index (κ1) is 16.7. The first-order valence-electron chi connectivity index (χ1n) is 8.29. The average Bonchev–Trinajstić information content (AvgIpc) is 3.27. The maximum atomic E-state index is 12.7. The molecule has 2 aromatic rings. The lowest BCUT2D eigenvalue weighted by molar-refractivity contribution is -0.124. The lowest BCUT2D eigenvalue weighted by Crippen LogP contribution is -2.39. The highest BCUT2D eigenvalue weighted by Gasteiger charge is 2.33. The molecule has 3 N–H and O–H groups in total. The number of rotatable bonds is 6. The molecule has 1 aliphatic carbocycles. The van der Waals surface area contributed by atoms with Crippen LogP contribution in [0.5, 0.6) is 0 Å². The minimum atomic E-state index is -0.0269. The monoisotopic (exact) mass is 348 g/mol. The maximum Gasteiger partial charge on any atom is 0.221 e. The summed E-state index contributed by atoms with van der Waals surface area (Å²) in [6.07, 6.45) is 6.39.